The summed E-state index contributed by atoms with van der Waals surface area (Å²) in [6, 6.07) is 0. The summed E-state index contributed by atoms with van der Waals surface area (Å²) in [5.74, 6) is -0.885. The summed E-state index contributed by atoms with van der Waals surface area (Å²) < 4.78 is 17.0. The Morgan fingerprint density at radius 1 is 0.250 bits per heavy atom. The Bertz CT molecular complexity index is 1430. The van der Waals surface area contributed by atoms with Crippen molar-refractivity contribution >= 4 is 17.9 Å². The van der Waals surface area contributed by atoms with Gasteiger partial charge in [-0.1, -0.05) is 326 Å². The van der Waals surface area contributed by atoms with E-state index in [4.69, 9.17) is 14.2 Å². The molecular formula is C74H134O6. The fourth-order valence-electron chi connectivity index (χ4n) is 10.4. The molecule has 0 amide bonds. The first-order chi connectivity index (χ1) is 39.5. The van der Waals surface area contributed by atoms with Gasteiger partial charge >= 0.3 is 17.9 Å². The molecule has 0 saturated carbocycles. The maximum absolute atomic E-state index is 12.9. The molecule has 6 heteroatoms. The highest BCUT2D eigenvalue weighted by atomic mass is 16.6. The third kappa shape index (κ3) is 65.9. The van der Waals surface area contributed by atoms with Crippen LogP contribution in [-0.4, -0.2) is 37.2 Å². The van der Waals surface area contributed by atoms with E-state index in [1.165, 1.54) is 231 Å². The summed E-state index contributed by atoms with van der Waals surface area (Å²) in [6.07, 6.45) is 88.1. The van der Waals surface area contributed by atoms with Crippen LogP contribution in [0.5, 0.6) is 0 Å². The Kier molecular flexibility index (Phi) is 66.1. The molecule has 0 rings (SSSR count). The normalized spacial score (nSPS) is 12.4. The molecule has 0 aliphatic heterocycles. The van der Waals surface area contributed by atoms with Gasteiger partial charge in [0.1, 0.15) is 13.2 Å². The van der Waals surface area contributed by atoms with Gasteiger partial charge in [0.25, 0.3) is 0 Å². The van der Waals surface area contributed by atoms with Gasteiger partial charge < -0.3 is 14.2 Å². The van der Waals surface area contributed by atoms with Gasteiger partial charge in [-0.15, -0.1) is 0 Å². The molecular weight excluding hydrogens is 985 g/mol. The second-order valence-electron chi connectivity index (χ2n) is 23.8. The highest BCUT2D eigenvalue weighted by molar-refractivity contribution is 5.71. The van der Waals surface area contributed by atoms with Crippen LogP contribution in [0.25, 0.3) is 0 Å². The molecule has 1 unspecified atom stereocenters. The van der Waals surface area contributed by atoms with Gasteiger partial charge in [-0.2, -0.15) is 0 Å². The molecule has 0 aromatic rings. The second kappa shape index (κ2) is 68.6. The molecule has 0 fully saturated rings. The monoisotopic (exact) mass is 1120 g/mol. The lowest BCUT2D eigenvalue weighted by Crippen LogP contribution is -2.30. The maximum Gasteiger partial charge on any atom is 0.306 e. The van der Waals surface area contributed by atoms with Crippen LogP contribution >= 0.6 is 0 Å². The van der Waals surface area contributed by atoms with E-state index in [2.05, 4.69) is 81.5 Å². The summed E-state index contributed by atoms with van der Waals surface area (Å²) in [5.41, 5.74) is 0. The first-order valence-corrected chi connectivity index (χ1v) is 35.3. The SMILES string of the molecule is CCCCCC/C=C\C/C=C\CCCCCCCC(=O)OCC(COC(=O)CCCCCCCCCCCCCCCCCCCCCCCCCCC)OC(=O)CCCCCCCC/C=C\C/C=C\C/C=C\CCCCCCC. The number of rotatable bonds is 65. The molecule has 0 heterocycles. The van der Waals surface area contributed by atoms with Crippen molar-refractivity contribution in [1.82, 2.24) is 0 Å². The van der Waals surface area contributed by atoms with Gasteiger partial charge in [0.2, 0.25) is 0 Å². The molecule has 0 aliphatic rings. The zero-order valence-corrected chi connectivity index (χ0v) is 53.6. The topological polar surface area (TPSA) is 78.9 Å². The van der Waals surface area contributed by atoms with Crippen LogP contribution in [0.2, 0.25) is 0 Å². The fourth-order valence-corrected chi connectivity index (χ4v) is 10.4. The van der Waals surface area contributed by atoms with Crippen molar-refractivity contribution in [2.45, 2.75) is 380 Å². The van der Waals surface area contributed by atoms with Crippen LogP contribution in [0.15, 0.2) is 60.8 Å². The van der Waals surface area contributed by atoms with Crippen LogP contribution in [0.1, 0.15) is 374 Å². The molecule has 1 atom stereocenters. The van der Waals surface area contributed by atoms with E-state index in [1.54, 1.807) is 0 Å². The van der Waals surface area contributed by atoms with Gasteiger partial charge in [-0.3, -0.25) is 14.4 Å². The minimum Gasteiger partial charge on any atom is -0.462 e. The average Bonchev–Trinajstić information content (AvgIpc) is 3.46. The van der Waals surface area contributed by atoms with E-state index in [9.17, 15) is 14.4 Å². The number of carbonyl (C=O) groups excluding carboxylic acids is 3. The first-order valence-electron chi connectivity index (χ1n) is 35.3. The molecule has 0 aromatic carbocycles. The number of unbranched alkanes of at least 4 members (excludes halogenated alkanes) is 44. The Morgan fingerprint density at radius 2 is 0.450 bits per heavy atom. The predicted molar refractivity (Wildman–Crippen MR) is 348 cm³/mol. The lowest BCUT2D eigenvalue weighted by Gasteiger charge is -2.18. The van der Waals surface area contributed by atoms with Crippen molar-refractivity contribution in [2.75, 3.05) is 13.2 Å². The molecule has 0 N–H and O–H groups in total. The van der Waals surface area contributed by atoms with E-state index < -0.39 is 6.10 Å². The number of esters is 3. The molecule has 80 heavy (non-hydrogen) atoms. The largest absolute Gasteiger partial charge is 0.462 e. The third-order valence-corrected chi connectivity index (χ3v) is 15.7. The van der Waals surface area contributed by atoms with E-state index in [0.717, 1.165) is 103 Å². The van der Waals surface area contributed by atoms with E-state index >= 15 is 0 Å². The van der Waals surface area contributed by atoms with Crippen molar-refractivity contribution < 1.29 is 28.6 Å². The minimum atomic E-state index is -0.788. The number of ether oxygens (including phenoxy) is 3. The van der Waals surface area contributed by atoms with Crippen molar-refractivity contribution in [3.8, 4) is 0 Å². The third-order valence-electron chi connectivity index (χ3n) is 15.7. The zero-order chi connectivity index (χ0) is 57.8. The van der Waals surface area contributed by atoms with Crippen molar-refractivity contribution in [1.29, 1.82) is 0 Å². The van der Waals surface area contributed by atoms with Crippen molar-refractivity contribution in [2.24, 2.45) is 0 Å². The van der Waals surface area contributed by atoms with Crippen LogP contribution < -0.4 is 0 Å². The molecule has 0 spiro atoms. The lowest BCUT2D eigenvalue weighted by atomic mass is 10.0. The summed E-state index contributed by atoms with van der Waals surface area (Å²) >= 11 is 0. The van der Waals surface area contributed by atoms with Crippen LogP contribution in [0, 0.1) is 0 Å². The highest BCUT2D eigenvalue weighted by Crippen LogP contribution is 2.18. The number of hydrogen-bond acceptors (Lipinski definition) is 6. The number of hydrogen-bond donors (Lipinski definition) is 0. The van der Waals surface area contributed by atoms with Gasteiger partial charge in [-0.05, 0) is 89.9 Å². The predicted octanol–water partition coefficient (Wildman–Crippen LogP) is 24.3. The summed E-state index contributed by atoms with van der Waals surface area (Å²) in [7, 11) is 0. The van der Waals surface area contributed by atoms with Crippen LogP contribution in [-0.2, 0) is 28.6 Å². The summed E-state index contributed by atoms with van der Waals surface area (Å²) in [4.78, 5) is 38.4. The summed E-state index contributed by atoms with van der Waals surface area (Å²) in [5, 5.41) is 0. The summed E-state index contributed by atoms with van der Waals surface area (Å²) in [6.45, 7) is 6.65. The van der Waals surface area contributed by atoms with Gasteiger partial charge in [-0.25, -0.2) is 0 Å². The highest BCUT2D eigenvalue weighted by Gasteiger charge is 2.19. The van der Waals surface area contributed by atoms with Gasteiger partial charge in [0.15, 0.2) is 6.10 Å². The standard InChI is InChI=1S/C74H134O6/c1-4-7-10-13-16-19-22-25-28-31-33-35-36-37-38-40-41-43-46-49-52-55-58-61-64-67-73(76)79-70-71(69-78-72(75)66-63-60-57-54-51-48-45-30-27-24-21-18-15-12-9-6-3)80-74(77)68-65-62-59-56-53-50-47-44-42-39-34-32-29-26-23-20-17-14-11-8-5-2/h21,23-24,26,30,32,34,42,44-45,71H,4-20,22,25,27-29,31,33,35-41,43,46-70H2,1-3H3/b24-21-,26-23-,34-32-,44-42-,45-30-. The van der Waals surface area contributed by atoms with E-state index in [0.29, 0.717) is 19.3 Å². The molecule has 0 aliphatic carbocycles. The quantitative estimate of drug-likeness (QED) is 0.0261. The Balaban J connectivity index is 4.33. The average molecular weight is 1120 g/mol. The molecule has 0 radical (unpaired) electrons. The number of carbonyl (C=O) groups is 3. The molecule has 0 aromatic heterocycles. The zero-order valence-electron chi connectivity index (χ0n) is 53.6. The number of allylic oxidation sites excluding steroid dienone is 10. The fraction of sp³-hybridized carbons (Fsp3) is 0.824. The van der Waals surface area contributed by atoms with Crippen molar-refractivity contribution in [3.05, 3.63) is 60.8 Å². The smallest absolute Gasteiger partial charge is 0.306 e. The van der Waals surface area contributed by atoms with Crippen LogP contribution in [0.3, 0.4) is 0 Å². The second-order valence-corrected chi connectivity index (χ2v) is 23.8. The first kappa shape index (κ1) is 77.1. The van der Waals surface area contributed by atoms with E-state index in [-0.39, 0.29) is 31.1 Å². The van der Waals surface area contributed by atoms with E-state index in [1.807, 2.05) is 0 Å². The maximum atomic E-state index is 12.9. The lowest BCUT2D eigenvalue weighted by molar-refractivity contribution is -0.167. The van der Waals surface area contributed by atoms with Gasteiger partial charge in [0.05, 0.1) is 0 Å². The molecule has 0 bridgehead atoms. The molecule has 0 saturated heterocycles. The van der Waals surface area contributed by atoms with Crippen LogP contribution in [0.4, 0.5) is 0 Å². The Labute approximate surface area is 498 Å². The molecule has 6 nitrogen and oxygen atoms in total. The Hall–Kier alpha value is -2.89. The van der Waals surface area contributed by atoms with Gasteiger partial charge in [0, 0.05) is 19.3 Å². The molecule has 466 valence electrons. The van der Waals surface area contributed by atoms with Crippen molar-refractivity contribution in [3.63, 3.8) is 0 Å². The Morgan fingerprint density at radius 3 is 0.713 bits per heavy atom. The minimum absolute atomic E-state index is 0.0809.